The Morgan fingerprint density at radius 1 is 1.33 bits per heavy atom. The molecular weight excluding hydrogens is 310 g/mol. The van der Waals surface area contributed by atoms with Crippen molar-refractivity contribution in [1.82, 2.24) is 5.32 Å². The van der Waals surface area contributed by atoms with E-state index in [1.54, 1.807) is 0 Å². The second kappa shape index (κ2) is 6.36. The maximum absolute atomic E-state index is 5.80. The molecule has 1 heterocycles. The highest BCUT2D eigenvalue weighted by Crippen LogP contribution is 2.24. The van der Waals surface area contributed by atoms with E-state index in [0.717, 1.165) is 16.8 Å². The van der Waals surface area contributed by atoms with E-state index in [9.17, 15) is 0 Å². The maximum atomic E-state index is 5.80. The highest BCUT2D eigenvalue weighted by Gasteiger charge is 2.06. The molecule has 0 aliphatic carbocycles. The van der Waals surface area contributed by atoms with Gasteiger partial charge in [0.05, 0.1) is 0 Å². The zero-order chi connectivity index (χ0) is 13.0. The number of halogens is 1. The number of benzene rings is 1. The van der Waals surface area contributed by atoms with E-state index in [1.807, 2.05) is 42.6 Å². The molecule has 0 spiro atoms. The average molecular weight is 326 g/mol. The first kappa shape index (κ1) is 13.6. The van der Waals surface area contributed by atoms with E-state index in [2.05, 4.69) is 34.2 Å². The molecule has 0 aliphatic heterocycles. The molecule has 0 saturated carbocycles. The Bertz CT molecular complexity index is 524. The van der Waals surface area contributed by atoms with Crippen LogP contribution in [0, 0.1) is 6.92 Å². The van der Waals surface area contributed by atoms with Crippen molar-refractivity contribution in [2.24, 2.45) is 0 Å². The number of rotatable bonds is 5. The van der Waals surface area contributed by atoms with Gasteiger partial charge in [-0.05, 0) is 38.2 Å². The molecule has 0 bridgehead atoms. The van der Waals surface area contributed by atoms with Crippen LogP contribution in [0.15, 0.2) is 34.8 Å². The van der Waals surface area contributed by atoms with E-state index >= 15 is 0 Å². The second-order valence-corrected chi connectivity index (χ2v) is 6.33. The van der Waals surface area contributed by atoms with E-state index in [-0.39, 0.29) is 0 Å². The molecule has 1 aromatic carbocycles. The normalized spacial score (nSPS) is 10.6. The Morgan fingerprint density at radius 3 is 2.89 bits per heavy atom. The van der Waals surface area contributed by atoms with Gasteiger partial charge in [-0.2, -0.15) is 0 Å². The predicted molar refractivity (Wildman–Crippen MR) is 80.3 cm³/mol. The van der Waals surface area contributed by atoms with Gasteiger partial charge in [-0.15, -0.1) is 11.3 Å². The number of hydrogen-bond acceptors (Lipinski definition) is 3. The molecule has 4 heteroatoms. The molecule has 0 amide bonds. The lowest BCUT2D eigenvalue weighted by molar-refractivity contribution is 0.306. The summed E-state index contributed by atoms with van der Waals surface area (Å²) in [5.41, 5.74) is 1.27. The monoisotopic (exact) mass is 325 g/mol. The molecule has 0 saturated heterocycles. The minimum atomic E-state index is 0.627. The van der Waals surface area contributed by atoms with Crippen LogP contribution in [0.4, 0.5) is 0 Å². The van der Waals surface area contributed by atoms with Crippen molar-refractivity contribution in [3.8, 4) is 5.75 Å². The molecule has 2 rings (SSSR count). The summed E-state index contributed by atoms with van der Waals surface area (Å²) in [6, 6.07) is 10.1. The van der Waals surface area contributed by atoms with Gasteiger partial charge in [0.25, 0.3) is 0 Å². The molecule has 96 valence electrons. The van der Waals surface area contributed by atoms with Crippen LogP contribution < -0.4 is 10.1 Å². The fraction of sp³-hybridized carbons (Fsp3) is 0.286. The van der Waals surface area contributed by atoms with Crippen molar-refractivity contribution in [2.75, 3.05) is 7.05 Å². The summed E-state index contributed by atoms with van der Waals surface area (Å²) in [6.07, 6.45) is 0. The first-order valence-electron chi connectivity index (χ1n) is 5.80. The number of hydrogen-bond donors (Lipinski definition) is 1. The molecule has 0 atom stereocenters. The third kappa shape index (κ3) is 3.57. The van der Waals surface area contributed by atoms with Gasteiger partial charge in [0.2, 0.25) is 0 Å². The second-order valence-electron chi connectivity index (χ2n) is 4.07. The van der Waals surface area contributed by atoms with Crippen molar-refractivity contribution in [3.63, 3.8) is 0 Å². The largest absolute Gasteiger partial charge is 0.489 e. The molecule has 1 N–H and O–H groups in total. The van der Waals surface area contributed by atoms with E-state index in [4.69, 9.17) is 4.74 Å². The van der Waals surface area contributed by atoms with Gasteiger partial charge in [0, 0.05) is 26.3 Å². The van der Waals surface area contributed by atoms with Gasteiger partial charge in [-0.3, -0.25) is 0 Å². The predicted octanol–water partition coefficient (Wildman–Crippen LogP) is 4.12. The third-order valence-corrected chi connectivity index (χ3v) is 4.20. The number of ether oxygens (including phenoxy) is 1. The minimum absolute atomic E-state index is 0.627. The number of thiophene rings is 1. The van der Waals surface area contributed by atoms with Crippen LogP contribution in [0.5, 0.6) is 5.75 Å². The summed E-state index contributed by atoms with van der Waals surface area (Å²) in [6.45, 7) is 3.69. The highest BCUT2D eigenvalue weighted by atomic mass is 79.9. The van der Waals surface area contributed by atoms with Gasteiger partial charge in [0.15, 0.2) is 0 Å². The highest BCUT2D eigenvalue weighted by molar-refractivity contribution is 9.10. The zero-order valence-corrected chi connectivity index (χ0v) is 12.9. The van der Waals surface area contributed by atoms with Crippen molar-refractivity contribution in [3.05, 3.63) is 50.1 Å². The number of nitrogens with one attached hydrogen (secondary N) is 1. The standard InChI is InChI=1S/C14H16BrNOS/c1-10-11(6-14(18-10)8-16-2)9-17-13-5-3-4-12(15)7-13/h3-7,16H,8-9H2,1-2H3. The first-order valence-corrected chi connectivity index (χ1v) is 7.41. The summed E-state index contributed by atoms with van der Waals surface area (Å²) < 4.78 is 6.84. The summed E-state index contributed by atoms with van der Waals surface area (Å²) in [5, 5.41) is 3.17. The molecule has 0 aliphatic rings. The lowest BCUT2D eigenvalue weighted by atomic mass is 10.2. The van der Waals surface area contributed by atoms with E-state index in [0.29, 0.717) is 6.61 Å². The van der Waals surface area contributed by atoms with Crippen LogP contribution >= 0.6 is 27.3 Å². The number of aryl methyl sites for hydroxylation is 1. The molecule has 1 aromatic heterocycles. The smallest absolute Gasteiger partial charge is 0.120 e. The molecule has 0 fully saturated rings. The minimum Gasteiger partial charge on any atom is -0.489 e. The van der Waals surface area contributed by atoms with Gasteiger partial charge in [0.1, 0.15) is 12.4 Å². The Hall–Kier alpha value is -0.840. The van der Waals surface area contributed by atoms with Crippen LogP contribution in [-0.2, 0) is 13.2 Å². The van der Waals surface area contributed by atoms with Crippen LogP contribution in [0.2, 0.25) is 0 Å². The molecule has 2 aromatic rings. The SMILES string of the molecule is CNCc1cc(COc2cccc(Br)c2)c(C)s1. The Kier molecular flexibility index (Phi) is 4.80. The zero-order valence-electron chi connectivity index (χ0n) is 10.5. The first-order chi connectivity index (χ1) is 8.69. The van der Waals surface area contributed by atoms with Crippen molar-refractivity contribution in [2.45, 2.75) is 20.1 Å². The van der Waals surface area contributed by atoms with Crippen molar-refractivity contribution in [1.29, 1.82) is 0 Å². The summed E-state index contributed by atoms with van der Waals surface area (Å²) in [4.78, 5) is 2.68. The van der Waals surface area contributed by atoms with Gasteiger partial charge in [-0.25, -0.2) is 0 Å². The lowest BCUT2D eigenvalue weighted by Crippen LogP contribution is -2.02. The van der Waals surface area contributed by atoms with E-state index < -0.39 is 0 Å². The van der Waals surface area contributed by atoms with Crippen molar-refractivity contribution < 1.29 is 4.74 Å². The van der Waals surface area contributed by atoms with Crippen LogP contribution in [0.25, 0.3) is 0 Å². The average Bonchev–Trinajstić information content (AvgIpc) is 2.68. The summed E-state index contributed by atoms with van der Waals surface area (Å²) in [7, 11) is 1.97. The van der Waals surface area contributed by atoms with Gasteiger partial charge < -0.3 is 10.1 Å². The van der Waals surface area contributed by atoms with Crippen LogP contribution in [0.3, 0.4) is 0 Å². The quantitative estimate of drug-likeness (QED) is 0.892. The maximum Gasteiger partial charge on any atom is 0.120 e. The fourth-order valence-corrected chi connectivity index (χ4v) is 3.15. The van der Waals surface area contributed by atoms with Crippen molar-refractivity contribution >= 4 is 27.3 Å². The molecule has 2 nitrogen and oxygen atoms in total. The van der Waals surface area contributed by atoms with Gasteiger partial charge in [-0.1, -0.05) is 22.0 Å². The molecule has 0 unspecified atom stereocenters. The Balaban J connectivity index is 2.01. The lowest BCUT2D eigenvalue weighted by Gasteiger charge is -2.05. The Labute approximate surface area is 120 Å². The van der Waals surface area contributed by atoms with Crippen LogP contribution in [-0.4, -0.2) is 7.05 Å². The van der Waals surface area contributed by atoms with Gasteiger partial charge >= 0.3 is 0 Å². The van der Waals surface area contributed by atoms with E-state index in [1.165, 1.54) is 15.3 Å². The topological polar surface area (TPSA) is 21.3 Å². The Morgan fingerprint density at radius 2 is 2.17 bits per heavy atom. The summed E-state index contributed by atoms with van der Waals surface area (Å²) >= 11 is 5.27. The molecule has 0 radical (unpaired) electrons. The van der Waals surface area contributed by atoms with Crippen LogP contribution in [0.1, 0.15) is 15.3 Å². The molecular formula is C14H16BrNOS. The molecule has 18 heavy (non-hydrogen) atoms. The summed E-state index contributed by atoms with van der Waals surface area (Å²) in [5.74, 6) is 0.894. The third-order valence-electron chi connectivity index (χ3n) is 2.61. The fourth-order valence-electron chi connectivity index (χ4n) is 1.71.